The maximum Gasteiger partial charge on any atom is 0.259 e. The Bertz CT molecular complexity index is 835. The van der Waals surface area contributed by atoms with Crippen LogP contribution in [0.3, 0.4) is 0 Å². The molecule has 1 heterocycles. The Hall–Kier alpha value is -2.80. The van der Waals surface area contributed by atoms with Gasteiger partial charge in [-0.15, -0.1) is 11.8 Å². The number of amides is 3. The van der Waals surface area contributed by atoms with Crippen molar-refractivity contribution < 1.29 is 19.1 Å². The third kappa shape index (κ3) is 3.41. The van der Waals surface area contributed by atoms with Crippen molar-refractivity contribution in [3.63, 3.8) is 0 Å². The van der Waals surface area contributed by atoms with Gasteiger partial charge in [-0.25, -0.2) is 0 Å². The highest BCUT2D eigenvalue weighted by atomic mass is 32.2. The Morgan fingerprint density at radius 1 is 1.12 bits per heavy atom. The molecule has 2 aromatic rings. The number of hydrogen-bond donors (Lipinski definition) is 2. The van der Waals surface area contributed by atoms with E-state index in [4.69, 9.17) is 4.74 Å². The number of thioether (sulfide) groups is 1. The van der Waals surface area contributed by atoms with Crippen molar-refractivity contribution in [1.82, 2.24) is 5.32 Å². The van der Waals surface area contributed by atoms with Gasteiger partial charge in [0.1, 0.15) is 5.75 Å². The van der Waals surface area contributed by atoms with E-state index >= 15 is 0 Å². The lowest BCUT2D eigenvalue weighted by Crippen LogP contribution is -2.19. The highest BCUT2D eigenvalue weighted by molar-refractivity contribution is 8.00. The molecule has 122 valence electrons. The maximum atomic E-state index is 12.1. The number of ether oxygens (including phenoxy) is 1. The predicted molar refractivity (Wildman–Crippen MR) is 90.6 cm³/mol. The molecule has 0 radical (unpaired) electrons. The van der Waals surface area contributed by atoms with Gasteiger partial charge in [-0.2, -0.15) is 0 Å². The number of hydrogen-bond acceptors (Lipinski definition) is 5. The van der Waals surface area contributed by atoms with Crippen LogP contribution in [-0.4, -0.2) is 30.6 Å². The van der Waals surface area contributed by atoms with Crippen LogP contribution in [0.2, 0.25) is 0 Å². The van der Waals surface area contributed by atoms with E-state index in [0.717, 1.165) is 10.6 Å². The lowest BCUT2D eigenvalue weighted by Gasteiger charge is -2.07. The van der Waals surface area contributed by atoms with Gasteiger partial charge in [0, 0.05) is 10.6 Å². The van der Waals surface area contributed by atoms with Crippen molar-refractivity contribution in [2.75, 3.05) is 18.2 Å². The van der Waals surface area contributed by atoms with E-state index in [1.807, 2.05) is 24.3 Å². The Labute approximate surface area is 142 Å². The fourth-order valence-electron chi connectivity index (χ4n) is 2.28. The Balaban J connectivity index is 1.62. The smallest absolute Gasteiger partial charge is 0.259 e. The summed E-state index contributed by atoms with van der Waals surface area (Å²) in [5.74, 6) is -0.115. The van der Waals surface area contributed by atoms with Gasteiger partial charge < -0.3 is 10.1 Å². The third-order valence-electron chi connectivity index (χ3n) is 3.43. The molecule has 0 bridgehead atoms. The molecule has 7 heteroatoms. The summed E-state index contributed by atoms with van der Waals surface area (Å²) in [5, 5.41) is 4.94. The van der Waals surface area contributed by atoms with Gasteiger partial charge in [-0.3, -0.25) is 19.7 Å². The lowest BCUT2D eigenvalue weighted by atomic mass is 10.1. The minimum absolute atomic E-state index is 0.201. The van der Waals surface area contributed by atoms with Gasteiger partial charge in [0.05, 0.1) is 24.0 Å². The largest absolute Gasteiger partial charge is 0.497 e. The van der Waals surface area contributed by atoms with E-state index in [1.165, 1.54) is 23.9 Å². The molecule has 1 aliphatic heterocycles. The van der Waals surface area contributed by atoms with Crippen LogP contribution < -0.4 is 15.4 Å². The molecular formula is C17H14N2O4S. The van der Waals surface area contributed by atoms with Crippen LogP contribution in [0.1, 0.15) is 20.7 Å². The van der Waals surface area contributed by atoms with Gasteiger partial charge in [-0.1, -0.05) is 6.07 Å². The topological polar surface area (TPSA) is 84.5 Å². The summed E-state index contributed by atoms with van der Waals surface area (Å²) in [4.78, 5) is 36.1. The second-order valence-electron chi connectivity index (χ2n) is 5.06. The number of benzene rings is 2. The SMILES string of the molecule is COc1cccc(SCC(=O)Nc2ccc3c(c2)C(=O)NC3=O)c1. The van der Waals surface area contributed by atoms with E-state index in [-0.39, 0.29) is 17.2 Å². The van der Waals surface area contributed by atoms with Crippen LogP contribution >= 0.6 is 11.8 Å². The summed E-state index contributed by atoms with van der Waals surface area (Å²) in [6.07, 6.45) is 0. The molecule has 0 saturated carbocycles. The predicted octanol–water partition coefficient (Wildman–Crippen LogP) is 2.31. The lowest BCUT2D eigenvalue weighted by molar-refractivity contribution is -0.113. The van der Waals surface area contributed by atoms with E-state index in [9.17, 15) is 14.4 Å². The van der Waals surface area contributed by atoms with Gasteiger partial charge in [0.25, 0.3) is 11.8 Å². The summed E-state index contributed by atoms with van der Waals surface area (Å²) >= 11 is 1.38. The van der Waals surface area contributed by atoms with Crippen molar-refractivity contribution >= 4 is 35.2 Å². The second kappa shape index (κ2) is 6.76. The van der Waals surface area contributed by atoms with Gasteiger partial charge in [-0.05, 0) is 36.4 Å². The molecule has 0 unspecified atom stereocenters. The average Bonchev–Trinajstić information content (AvgIpc) is 2.87. The molecule has 6 nitrogen and oxygen atoms in total. The van der Waals surface area contributed by atoms with E-state index in [0.29, 0.717) is 11.3 Å². The first kappa shape index (κ1) is 16.1. The minimum atomic E-state index is -0.447. The fourth-order valence-corrected chi connectivity index (χ4v) is 3.03. The number of carbonyl (C=O) groups is 3. The molecule has 1 aliphatic rings. The summed E-state index contributed by atoms with van der Waals surface area (Å²) in [6, 6.07) is 12.1. The third-order valence-corrected chi connectivity index (χ3v) is 4.42. The fraction of sp³-hybridized carbons (Fsp3) is 0.118. The normalized spacial score (nSPS) is 12.5. The number of methoxy groups -OCH3 is 1. The van der Waals surface area contributed by atoms with Crippen LogP contribution in [0.4, 0.5) is 5.69 Å². The minimum Gasteiger partial charge on any atom is -0.497 e. The Morgan fingerprint density at radius 3 is 2.71 bits per heavy atom. The zero-order valence-corrected chi connectivity index (χ0v) is 13.6. The molecular weight excluding hydrogens is 328 g/mol. The van der Waals surface area contributed by atoms with Gasteiger partial charge >= 0.3 is 0 Å². The number of nitrogens with one attached hydrogen (secondary N) is 2. The molecule has 2 aromatic carbocycles. The summed E-state index contributed by atoms with van der Waals surface area (Å²) in [5.41, 5.74) is 1.08. The summed E-state index contributed by atoms with van der Waals surface area (Å²) in [7, 11) is 1.59. The first-order valence-corrected chi connectivity index (χ1v) is 8.12. The van der Waals surface area contributed by atoms with Crippen molar-refractivity contribution in [2.24, 2.45) is 0 Å². The van der Waals surface area contributed by atoms with E-state index in [1.54, 1.807) is 13.2 Å². The number of fused-ring (bicyclic) bond motifs is 1. The first-order chi connectivity index (χ1) is 11.6. The molecule has 2 N–H and O–H groups in total. The second-order valence-corrected chi connectivity index (χ2v) is 6.11. The zero-order valence-electron chi connectivity index (χ0n) is 12.8. The van der Waals surface area contributed by atoms with E-state index in [2.05, 4.69) is 10.6 Å². The van der Waals surface area contributed by atoms with Crippen molar-refractivity contribution in [3.05, 3.63) is 53.6 Å². The summed E-state index contributed by atoms with van der Waals surface area (Å²) < 4.78 is 5.14. The van der Waals surface area contributed by atoms with Crippen molar-refractivity contribution in [2.45, 2.75) is 4.90 Å². The van der Waals surface area contributed by atoms with Gasteiger partial charge in [0.2, 0.25) is 5.91 Å². The molecule has 0 aliphatic carbocycles. The van der Waals surface area contributed by atoms with Crippen LogP contribution in [0, 0.1) is 0 Å². The standard InChI is InChI=1S/C17H14N2O4S/c1-23-11-3-2-4-12(8-11)24-9-15(20)18-10-5-6-13-14(7-10)17(22)19-16(13)21/h2-8H,9H2,1H3,(H,18,20)(H,19,21,22). The Morgan fingerprint density at radius 2 is 1.92 bits per heavy atom. The van der Waals surface area contributed by atoms with Crippen LogP contribution in [0.5, 0.6) is 5.75 Å². The number of rotatable bonds is 5. The zero-order chi connectivity index (χ0) is 17.1. The summed E-state index contributed by atoms with van der Waals surface area (Å²) in [6.45, 7) is 0. The number of imide groups is 1. The van der Waals surface area contributed by atoms with Crippen molar-refractivity contribution in [1.29, 1.82) is 0 Å². The highest BCUT2D eigenvalue weighted by Gasteiger charge is 2.26. The van der Waals surface area contributed by atoms with Crippen molar-refractivity contribution in [3.8, 4) is 5.75 Å². The molecule has 3 rings (SSSR count). The average molecular weight is 342 g/mol. The quantitative estimate of drug-likeness (QED) is 0.643. The van der Waals surface area contributed by atoms with E-state index < -0.39 is 11.8 Å². The van der Waals surface area contributed by atoms with Crippen LogP contribution in [0.25, 0.3) is 0 Å². The maximum absolute atomic E-state index is 12.1. The Kier molecular flexibility index (Phi) is 4.52. The first-order valence-electron chi connectivity index (χ1n) is 7.13. The molecule has 0 fully saturated rings. The van der Waals surface area contributed by atoms with Crippen LogP contribution in [-0.2, 0) is 4.79 Å². The molecule has 3 amide bonds. The molecule has 0 aromatic heterocycles. The monoisotopic (exact) mass is 342 g/mol. The molecule has 0 saturated heterocycles. The highest BCUT2D eigenvalue weighted by Crippen LogP contribution is 2.24. The van der Waals surface area contributed by atoms with Crippen LogP contribution in [0.15, 0.2) is 47.4 Å². The number of carbonyl (C=O) groups excluding carboxylic acids is 3. The van der Waals surface area contributed by atoms with Gasteiger partial charge in [0.15, 0.2) is 0 Å². The molecule has 24 heavy (non-hydrogen) atoms. The molecule has 0 spiro atoms. The number of anilines is 1. The molecule has 0 atom stereocenters.